The van der Waals surface area contributed by atoms with Gasteiger partial charge in [0.15, 0.2) is 0 Å². The van der Waals surface area contributed by atoms with Gasteiger partial charge >= 0.3 is 0 Å². The Morgan fingerprint density at radius 2 is 1.74 bits per heavy atom. The molecule has 5 rings (SSSR count). The highest BCUT2D eigenvalue weighted by Gasteiger charge is 2.28. The second-order valence-corrected chi connectivity index (χ2v) is 9.27. The van der Waals surface area contributed by atoms with Gasteiger partial charge in [-0.15, -0.1) is 0 Å². The molecule has 180 valence electrons. The molecule has 0 aliphatic carbocycles. The molecule has 0 N–H and O–H groups in total. The zero-order chi connectivity index (χ0) is 24.4. The van der Waals surface area contributed by atoms with Gasteiger partial charge in [-0.25, -0.2) is 4.98 Å². The largest absolute Gasteiger partial charge is 0.495 e. The fraction of sp³-hybridized carbons (Fsp3) is 0.310. The van der Waals surface area contributed by atoms with Gasteiger partial charge in [-0.1, -0.05) is 36.4 Å². The first-order chi connectivity index (χ1) is 17.0. The number of nitrogens with zero attached hydrogens (tertiary/aromatic N) is 4. The number of benzene rings is 2. The van der Waals surface area contributed by atoms with Gasteiger partial charge in [0.2, 0.25) is 5.91 Å². The lowest BCUT2D eigenvalue weighted by atomic mass is 9.89. The van der Waals surface area contributed by atoms with Crippen molar-refractivity contribution in [3.05, 3.63) is 95.4 Å². The summed E-state index contributed by atoms with van der Waals surface area (Å²) in [7, 11) is 1.70. The molecule has 0 spiro atoms. The molecule has 1 unspecified atom stereocenters. The molecule has 1 aliphatic rings. The number of fused-ring (bicyclic) bond motifs is 1. The monoisotopic (exact) mass is 468 g/mol. The van der Waals surface area contributed by atoms with Crippen molar-refractivity contribution in [2.24, 2.45) is 0 Å². The Morgan fingerprint density at radius 3 is 2.51 bits per heavy atom. The van der Waals surface area contributed by atoms with Crippen molar-refractivity contribution in [2.45, 2.75) is 26.2 Å². The number of pyridine rings is 1. The highest BCUT2D eigenvalue weighted by Crippen LogP contribution is 2.33. The number of aryl methyl sites for hydroxylation is 2. The maximum atomic E-state index is 13.6. The Kier molecular flexibility index (Phi) is 6.45. The minimum absolute atomic E-state index is 0.0614. The van der Waals surface area contributed by atoms with Crippen LogP contribution in [0.5, 0.6) is 5.75 Å². The predicted molar refractivity (Wildman–Crippen MR) is 139 cm³/mol. The van der Waals surface area contributed by atoms with E-state index in [0.717, 1.165) is 35.9 Å². The van der Waals surface area contributed by atoms with E-state index in [4.69, 9.17) is 4.74 Å². The normalized spacial score (nSPS) is 14.8. The van der Waals surface area contributed by atoms with Crippen LogP contribution in [0.15, 0.2) is 73.1 Å². The van der Waals surface area contributed by atoms with E-state index in [0.29, 0.717) is 19.5 Å². The summed E-state index contributed by atoms with van der Waals surface area (Å²) in [4.78, 5) is 22.6. The van der Waals surface area contributed by atoms with Crippen LogP contribution in [0.3, 0.4) is 0 Å². The first-order valence-corrected chi connectivity index (χ1v) is 12.2. The van der Waals surface area contributed by atoms with Crippen LogP contribution in [-0.4, -0.2) is 53.5 Å². The number of piperazine rings is 1. The summed E-state index contributed by atoms with van der Waals surface area (Å²) in [6.07, 6.45) is 4.41. The van der Waals surface area contributed by atoms with Crippen LogP contribution in [0.4, 0.5) is 5.69 Å². The Labute approximate surface area is 206 Å². The number of imidazole rings is 1. The smallest absolute Gasteiger partial charge is 0.223 e. The predicted octanol–water partition coefficient (Wildman–Crippen LogP) is 4.83. The van der Waals surface area contributed by atoms with Crippen LogP contribution in [-0.2, 0) is 4.79 Å². The molecule has 1 fully saturated rings. The summed E-state index contributed by atoms with van der Waals surface area (Å²) >= 11 is 0. The van der Waals surface area contributed by atoms with Gasteiger partial charge in [0.1, 0.15) is 11.4 Å². The summed E-state index contributed by atoms with van der Waals surface area (Å²) in [6, 6.07) is 20.6. The second-order valence-electron chi connectivity index (χ2n) is 9.27. The number of carbonyl (C=O) groups excluding carboxylic acids is 1. The van der Waals surface area contributed by atoms with E-state index in [1.807, 2.05) is 35.4 Å². The van der Waals surface area contributed by atoms with E-state index >= 15 is 0 Å². The van der Waals surface area contributed by atoms with E-state index in [2.05, 4.69) is 70.7 Å². The standard InChI is InChI=1S/C29H32N4O2/c1-21-12-13-33-26(20-30-28(33)18-21)24(23-9-5-4-8-22(23)2)19-29(34)32-16-14-31(15-17-32)25-10-6-7-11-27(25)35-3/h4-13,18,20,24H,14-17,19H2,1-3H3. The number of rotatable bonds is 6. The molecule has 1 aliphatic heterocycles. The van der Waals surface area contributed by atoms with E-state index in [-0.39, 0.29) is 11.8 Å². The zero-order valence-corrected chi connectivity index (χ0v) is 20.6. The minimum atomic E-state index is -0.0614. The van der Waals surface area contributed by atoms with Crippen LogP contribution in [0.25, 0.3) is 5.65 Å². The number of anilines is 1. The molecular weight excluding hydrogens is 436 g/mol. The van der Waals surface area contributed by atoms with Gasteiger partial charge in [-0.05, 0) is 54.8 Å². The molecule has 6 nitrogen and oxygen atoms in total. The molecule has 0 bridgehead atoms. The average molecular weight is 469 g/mol. The van der Waals surface area contributed by atoms with Crippen LogP contribution in [0.1, 0.15) is 34.7 Å². The van der Waals surface area contributed by atoms with Crippen LogP contribution in [0, 0.1) is 13.8 Å². The van der Waals surface area contributed by atoms with Crippen molar-refractivity contribution in [1.82, 2.24) is 14.3 Å². The molecule has 3 heterocycles. The highest BCUT2D eigenvalue weighted by atomic mass is 16.5. The number of ether oxygens (including phenoxy) is 1. The topological polar surface area (TPSA) is 50.1 Å². The summed E-state index contributed by atoms with van der Waals surface area (Å²) in [5, 5.41) is 0. The number of aromatic nitrogens is 2. The van der Waals surface area contributed by atoms with E-state index in [1.54, 1.807) is 7.11 Å². The van der Waals surface area contributed by atoms with Gasteiger partial charge in [0, 0.05) is 50.9 Å². The number of methoxy groups -OCH3 is 1. The maximum absolute atomic E-state index is 13.6. The lowest BCUT2D eigenvalue weighted by Gasteiger charge is -2.37. The van der Waals surface area contributed by atoms with Crippen molar-refractivity contribution in [1.29, 1.82) is 0 Å². The molecule has 2 aromatic heterocycles. The SMILES string of the molecule is COc1ccccc1N1CCN(C(=O)CC(c2ccccc2C)c2cnc3cc(C)ccn23)CC1. The maximum Gasteiger partial charge on any atom is 0.223 e. The molecule has 4 aromatic rings. The Bertz CT molecular complexity index is 1340. The number of para-hydroxylation sites is 2. The summed E-state index contributed by atoms with van der Waals surface area (Å²) in [5.41, 5.74) is 6.59. The summed E-state index contributed by atoms with van der Waals surface area (Å²) in [5.74, 6) is 0.989. The first-order valence-electron chi connectivity index (χ1n) is 12.2. The lowest BCUT2D eigenvalue weighted by molar-refractivity contribution is -0.131. The highest BCUT2D eigenvalue weighted by molar-refractivity contribution is 5.78. The Hall–Kier alpha value is -3.80. The quantitative estimate of drug-likeness (QED) is 0.407. The van der Waals surface area contributed by atoms with Gasteiger partial charge in [-0.3, -0.25) is 4.79 Å². The van der Waals surface area contributed by atoms with E-state index in [1.165, 1.54) is 16.7 Å². The van der Waals surface area contributed by atoms with Gasteiger partial charge < -0.3 is 18.9 Å². The fourth-order valence-electron chi connectivity index (χ4n) is 5.10. The average Bonchev–Trinajstić information content (AvgIpc) is 3.30. The third kappa shape index (κ3) is 4.61. The zero-order valence-electron chi connectivity index (χ0n) is 20.6. The molecule has 1 saturated heterocycles. The Morgan fingerprint density at radius 1 is 1.00 bits per heavy atom. The molecular formula is C29H32N4O2. The van der Waals surface area contributed by atoms with Crippen molar-refractivity contribution in [2.75, 3.05) is 38.2 Å². The number of carbonyl (C=O) groups is 1. The number of hydrogen-bond donors (Lipinski definition) is 0. The Balaban J connectivity index is 1.37. The van der Waals surface area contributed by atoms with Gasteiger partial charge in [0.05, 0.1) is 18.5 Å². The van der Waals surface area contributed by atoms with Crippen molar-refractivity contribution in [3.63, 3.8) is 0 Å². The second kappa shape index (κ2) is 9.82. The summed E-state index contributed by atoms with van der Waals surface area (Å²) < 4.78 is 7.66. The van der Waals surface area contributed by atoms with Crippen molar-refractivity contribution >= 4 is 17.2 Å². The van der Waals surface area contributed by atoms with Crippen LogP contribution in [0.2, 0.25) is 0 Å². The molecule has 0 saturated carbocycles. The van der Waals surface area contributed by atoms with Gasteiger partial charge in [0.25, 0.3) is 0 Å². The van der Waals surface area contributed by atoms with E-state index in [9.17, 15) is 4.79 Å². The third-order valence-corrected chi connectivity index (χ3v) is 7.06. The first kappa shape index (κ1) is 23.0. The van der Waals surface area contributed by atoms with E-state index < -0.39 is 0 Å². The summed E-state index contributed by atoms with van der Waals surface area (Å²) in [6.45, 7) is 7.16. The molecule has 0 radical (unpaired) electrons. The third-order valence-electron chi connectivity index (χ3n) is 7.06. The number of hydrogen-bond acceptors (Lipinski definition) is 4. The lowest BCUT2D eigenvalue weighted by Crippen LogP contribution is -2.49. The molecule has 1 atom stereocenters. The fourth-order valence-corrected chi connectivity index (χ4v) is 5.10. The van der Waals surface area contributed by atoms with Gasteiger partial charge in [-0.2, -0.15) is 0 Å². The molecule has 6 heteroatoms. The minimum Gasteiger partial charge on any atom is -0.495 e. The van der Waals surface area contributed by atoms with Crippen LogP contribution >= 0.6 is 0 Å². The van der Waals surface area contributed by atoms with Crippen LogP contribution < -0.4 is 9.64 Å². The number of amides is 1. The molecule has 35 heavy (non-hydrogen) atoms. The molecule has 1 amide bonds. The molecule has 2 aromatic carbocycles. The van der Waals surface area contributed by atoms with Crippen molar-refractivity contribution in [3.8, 4) is 5.75 Å². The van der Waals surface area contributed by atoms with Crippen molar-refractivity contribution < 1.29 is 9.53 Å².